The van der Waals surface area contributed by atoms with Gasteiger partial charge >= 0.3 is 0 Å². The van der Waals surface area contributed by atoms with Crippen molar-refractivity contribution < 1.29 is 9.32 Å². The van der Waals surface area contributed by atoms with Gasteiger partial charge in [-0.25, -0.2) is 0 Å². The van der Waals surface area contributed by atoms with Crippen LogP contribution in [0.15, 0.2) is 15.4 Å². The maximum absolute atomic E-state index is 12.1. The number of nitrogens with zero attached hydrogens (tertiary/aromatic N) is 2. The van der Waals surface area contributed by atoms with Crippen LogP contribution in [0.3, 0.4) is 0 Å². The number of H-pyrrole nitrogens is 1. The molecule has 2 heterocycles. The molecule has 0 fully saturated rings. The van der Waals surface area contributed by atoms with E-state index < -0.39 is 0 Å². The Morgan fingerprint density at radius 1 is 1.39 bits per heavy atom. The minimum Gasteiger partial charge on any atom is -0.352 e. The van der Waals surface area contributed by atoms with E-state index in [0.29, 0.717) is 36.7 Å². The van der Waals surface area contributed by atoms with Crippen molar-refractivity contribution in [2.75, 3.05) is 6.54 Å². The van der Waals surface area contributed by atoms with Gasteiger partial charge in [-0.05, 0) is 31.9 Å². The van der Waals surface area contributed by atoms with Crippen molar-refractivity contribution in [1.29, 1.82) is 0 Å². The number of carbonyl (C=O) groups excluding carboxylic acids is 1. The second-order valence-corrected chi connectivity index (χ2v) is 5.90. The monoisotopic (exact) mass is 318 g/mol. The highest BCUT2D eigenvalue weighted by Gasteiger charge is 2.14. The SMILES string of the molecule is Cc1cc(C)c(C(=O)NCCCc2nc(C(C)C)no2)c(=O)[nH]1. The van der Waals surface area contributed by atoms with Crippen LogP contribution in [0.4, 0.5) is 0 Å². The molecule has 2 aromatic rings. The molecule has 0 saturated carbocycles. The predicted molar refractivity (Wildman–Crippen MR) is 85.6 cm³/mol. The fourth-order valence-corrected chi connectivity index (χ4v) is 2.27. The third-order valence-corrected chi connectivity index (χ3v) is 3.45. The quantitative estimate of drug-likeness (QED) is 0.792. The smallest absolute Gasteiger partial charge is 0.261 e. The van der Waals surface area contributed by atoms with Crippen molar-refractivity contribution in [2.45, 2.75) is 46.5 Å². The molecule has 0 aliphatic rings. The normalized spacial score (nSPS) is 11.0. The standard InChI is InChI=1S/C16H22N4O3/c1-9(2)14-19-12(23-20-14)6-5-7-17-15(21)13-10(3)8-11(4)18-16(13)22/h8-9H,5-7H2,1-4H3,(H,17,21)(H,18,22). The number of pyridine rings is 1. The number of nitrogens with one attached hydrogen (secondary N) is 2. The van der Waals surface area contributed by atoms with Gasteiger partial charge in [0.2, 0.25) is 5.89 Å². The van der Waals surface area contributed by atoms with E-state index >= 15 is 0 Å². The number of aromatic amines is 1. The molecular weight excluding hydrogens is 296 g/mol. The summed E-state index contributed by atoms with van der Waals surface area (Å²) in [6.07, 6.45) is 1.25. The molecule has 0 aromatic carbocycles. The van der Waals surface area contributed by atoms with E-state index in [9.17, 15) is 9.59 Å². The molecule has 23 heavy (non-hydrogen) atoms. The lowest BCUT2D eigenvalue weighted by Gasteiger charge is -2.07. The topological polar surface area (TPSA) is 101 Å². The molecule has 7 heteroatoms. The van der Waals surface area contributed by atoms with E-state index in [1.54, 1.807) is 19.9 Å². The van der Waals surface area contributed by atoms with Crippen molar-refractivity contribution in [3.8, 4) is 0 Å². The van der Waals surface area contributed by atoms with Gasteiger partial charge < -0.3 is 14.8 Å². The maximum atomic E-state index is 12.1. The highest BCUT2D eigenvalue weighted by atomic mass is 16.5. The summed E-state index contributed by atoms with van der Waals surface area (Å²) in [7, 11) is 0. The van der Waals surface area contributed by atoms with Crippen LogP contribution in [0.2, 0.25) is 0 Å². The average molecular weight is 318 g/mol. The van der Waals surface area contributed by atoms with E-state index in [1.165, 1.54) is 0 Å². The summed E-state index contributed by atoms with van der Waals surface area (Å²) < 4.78 is 5.14. The van der Waals surface area contributed by atoms with Crippen LogP contribution in [0, 0.1) is 13.8 Å². The fraction of sp³-hybridized carbons (Fsp3) is 0.500. The molecule has 124 valence electrons. The molecule has 0 atom stereocenters. The van der Waals surface area contributed by atoms with E-state index in [2.05, 4.69) is 20.4 Å². The lowest BCUT2D eigenvalue weighted by molar-refractivity contribution is 0.0950. The molecule has 0 aliphatic carbocycles. The largest absolute Gasteiger partial charge is 0.352 e. The number of aryl methyl sites for hydroxylation is 3. The number of hydrogen-bond acceptors (Lipinski definition) is 5. The number of carbonyl (C=O) groups is 1. The van der Waals surface area contributed by atoms with Crippen molar-refractivity contribution >= 4 is 5.91 Å². The third-order valence-electron chi connectivity index (χ3n) is 3.45. The number of amides is 1. The molecule has 0 radical (unpaired) electrons. The molecule has 0 unspecified atom stereocenters. The van der Waals surface area contributed by atoms with Crippen LogP contribution in [0.25, 0.3) is 0 Å². The first kappa shape index (κ1) is 16.9. The highest BCUT2D eigenvalue weighted by molar-refractivity contribution is 5.95. The maximum Gasteiger partial charge on any atom is 0.261 e. The summed E-state index contributed by atoms with van der Waals surface area (Å²) in [5.41, 5.74) is 1.21. The van der Waals surface area contributed by atoms with Crippen LogP contribution >= 0.6 is 0 Å². The van der Waals surface area contributed by atoms with Crippen LogP contribution in [0.1, 0.15) is 59.5 Å². The van der Waals surface area contributed by atoms with E-state index in [1.807, 2.05) is 13.8 Å². The van der Waals surface area contributed by atoms with Gasteiger partial charge in [-0.1, -0.05) is 19.0 Å². The molecule has 2 aromatic heterocycles. The average Bonchev–Trinajstić information content (AvgIpc) is 2.91. The summed E-state index contributed by atoms with van der Waals surface area (Å²) >= 11 is 0. The number of hydrogen-bond donors (Lipinski definition) is 2. The summed E-state index contributed by atoms with van der Waals surface area (Å²) in [4.78, 5) is 30.9. The number of aromatic nitrogens is 3. The summed E-state index contributed by atoms with van der Waals surface area (Å²) in [6.45, 7) is 7.96. The molecule has 0 spiro atoms. The lowest BCUT2D eigenvalue weighted by atomic mass is 10.1. The zero-order chi connectivity index (χ0) is 17.0. The minimum atomic E-state index is -0.364. The van der Waals surface area contributed by atoms with Crippen LogP contribution in [-0.2, 0) is 6.42 Å². The Hall–Kier alpha value is -2.44. The molecular formula is C16H22N4O3. The zero-order valence-corrected chi connectivity index (χ0v) is 13.9. The van der Waals surface area contributed by atoms with E-state index in [4.69, 9.17) is 4.52 Å². The van der Waals surface area contributed by atoms with Crippen molar-refractivity contribution in [2.24, 2.45) is 0 Å². The molecule has 7 nitrogen and oxygen atoms in total. The highest BCUT2D eigenvalue weighted by Crippen LogP contribution is 2.10. The summed E-state index contributed by atoms with van der Waals surface area (Å²) in [5.74, 6) is 1.11. The summed E-state index contributed by atoms with van der Waals surface area (Å²) in [6, 6.07) is 1.78. The Labute approximate surface area is 134 Å². The molecule has 2 rings (SSSR count). The second kappa shape index (κ2) is 7.21. The fourth-order valence-electron chi connectivity index (χ4n) is 2.27. The molecule has 1 amide bonds. The third kappa shape index (κ3) is 4.28. The van der Waals surface area contributed by atoms with Gasteiger partial charge in [0.15, 0.2) is 5.82 Å². The first-order valence-corrected chi connectivity index (χ1v) is 7.69. The van der Waals surface area contributed by atoms with Crippen molar-refractivity contribution in [3.05, 3.63) is 45.0 Å². The Bertz CT molecular complexity index is 746. The van der Waals surface area contributed by atoms with Gasteiger partial charge in [-0.15, -0.1) is 0 Å². The Morgan fingerprint density at radius 2 is 2.13 bits per heavy atom. The van der Waals surface area contributed by atoms with Crippen molar-refractivity contribution in [3.63, 3.8) is 0 Å². The lowest BCUT2D eigenvalue weighted by Crippen LogP contribution is -2.31. The molecule has 0 aliphatic heterocycles. The summed E-state index contributed by atoms with van der Waals surface area (Å²) in [5, 5.41) is 6.64. The van der Waals surface area contributed by atoms with Crippen LogP contribution in [0.5, 0.6) is 0 Å². The molecule has 0 bridgehead atoms. The van der Waals surface area contributed by atoms with Crippen molar-refractivity contribution in [1.82, 2.24) is 20.4 Å². The first-order valence-electron chi connectivity index (χ1n) is 7.69. The van der Waals surface area contributed by atoms with Gasteiger partial charge in [0.05, 0.1) is 0 Å². The Kier molecular flexibility index (Phi) is 5.31. The minimum absolute atomic E-state index is 0.162. The van der Waals surface area contributed by atoms with Crippen LogP contribution in [-0.4, -0.2) is 27.6 Å². The van der Waals surface area contributed by atoms with Crippen LogP contribution < -0.4 is 10.9 Å². The van der Waals surface area contributed by atoms with E-state index in [-0.39, 0.29) is 22.9 Å². The van der Waals surface area contributed by atoms with Gasteiger partial charge in [0, 0.05) is 24.6 Å². The van der Waals surface area contributed by atoms with Gasteiger partial charge in [-0.3, -0.25) is 9.59 Å². The van der Waals surface area contributed by atoms with Gasteiger partial charge in [0.1, 0.15) is 5.56 Å². The predicted octanol–water partition coefficient (Wildman–Crippen LogP) is 1.86. The second-order valence-electron chi connectivity index (χ2n) is 5.90. The Morgan fingerprint density at radius 3 is 2.74 bits per heavy atom. The van der Waals surface area contributed by atoms with E-state index in [0.717, 1.165) is 5.69 Å². The zero-order valence-electron chi connectivity index (χ0n) is 13.9. The molecule has 0 saturated heterocycles. The van der Waals surface area contributed by atoms with Gasteiger partial charge in [-0.2, -0.15) is 4.98 Å². The number of rotatable bonds is 6. The molecule has 2 N–H and O–H groups in total. The Balaban J connectivity index is 1.86. The van der Waals surface area contributed by atoms with Gasteiger partial charge in [0.25, 0.3) is 11.5 Å². The first-order chi connectivity index (χ1) is 10.9.